The minimum Gasteiger partial charge on any atom is -0.318 e. The average Bonchev–Trinajstić information content (AvgIpc) is 3.04. The van der Waals surface area contributed by atoms with Gasteiger partial charge in [-0.15, -0.1) is 11.3 Å². The van der Waals surface area contributed by atoms with Crippen molar-refractivity contribution in [1.82, 2.24) is 0 Å². The number of hydrogen-bond acceptors (Lipinski definition) is 2. The molecule has 3 heteroatoms. The van der Waals surface area contributed by atoms with Gasteiger partial charge >= 0.3 is 0 Å². The quantitative estimate of drug-likeness (QED) is 0.712. The highest BCUT2D eigenvalue weighted by Crippen LogP contribution is 2.43. The Morgan fingerprint density at radius 3 is 2.90 bits per heavy atom. The summed E-state index contributed by atoms with van der Waals surface area (Å²) in [6.45, 7) is 0. The van der Waals surface area contributed by atoms with Gasteiger partial charge in [0.15, 0.2) is 0 Å². The normalized spacial score (nSPS) is 21.3. The predicted molar refractivity (Wildman–Crippen MR) is 81.5 cm³/mol. The minimum atomic E-state index is -0.493. The molecule has 0 amide bonds. The molecular weight excluding hydrogens is 269 g/mol. The molecule has 1 unspecified atom stereocenters. The van der Waals surface area contributed by atoms with Gasteiger partial charge in [-0.2, -0.15) is 0 Å². The highest BCUT2D eigenvalue weighted by molar-refractivity contribution is 7.17. The number of fused-ring (bicyclic) bond motifs is 2. The number of benzene rings is 2. The number of hydrogen-bond donors (Lipinski definition) is 1. The van der Waals surface area contributed by atoms with Gasteiger partial charge < -0.3 is 5.73 Å². The zero-order valence-corrected chi connectivity index (χ0v) is 11.7. The maximum Gasteiger partial charge on any atom is 0.123 e. The van der Waals surface area contributed by atoms with Crippen LogP contribution in [0.1, 0.15) is 23.1 Å². The summed E-state index contributed by atoms with van der Waals surface area (Å²) in [6, 6.07) is 13.4. The van der Waals surface area contributed by atoms with E-state index in [0.717, 1.165) is 29.5 Å². The van der Waals surface area contributed by atoms with Gasteiger partial charge in [0.1, 0.15) is 5.82 Å². The van der Waals surface area contributed by atoms with Crippen molar-refractivity contribution in [1.29, 1.82) is 0 Å². The van der Waals surface area contributed by atoms with E-state index < -0.39 is 5.54 Å². The third-order valence-electron chi connectivity index (χ3n) is 4.30. The number of halogens is 1. The van der Waals surface area contributed by atoms with E-state index in [2.05, 4.69) is 29.6 Å². The number of rotatable bonds is 1. The van der Waals surface area contributed by atoms with Crippen molar-refractivity contribution in [2.24, 2.45) is 5.73 Å². The van der Waals surface area contributed by atoms with E-state index in [4.69, 9.17) is 5.73 Å². The topological polar surface area (TPSA) is 26.0 Å². The van der Waals surface area contributed by atoms with Crippen molar-refractivity contribution in [3.8, 4) is 0 Å². The second-order valence-electron chi connectivity index (χ2n) is 5.42. The van der Waals surface area contributed by atoms with Crippen LogP contribution in [0, 0.1) is 5.82 Å². The van der Waals surface area contributed by atoms with Crippen LogP contribution in [0.5, 0.6) is 0 Å². The molecule has 100 valence electrons. The van der Waals surface area contributed by atoms with Gasteiger partial charge in [0.05, 0.1) is 5.54 Å². The van der Waals surface area contributed by atoms with Crippen LogP contribution in [0.15, 0.2) is 47.8 Å². The molecule has 0 fully saturated rings. The standard InChI is InChI=1S/C17H14FNS/c18-13-4-5-14-12(10-13)6-8-17(14,19)15-3-1-2-11-7-9-20-16(11)15/h1-5,7,9-10H,6,8,19H2. The van der Waals surface area contributed by atoms with Crippen molar-refractivity contribution in [3.63, 3.8) is 0 Å². The highest BCUT2D eigenvalue weighted by Gasteiger charge is 2.38. The molecule has 3 aromatic rings. The maximum absolute atomic E-state index is 13.4. The molecule has 1 heterocycles. The van der Waals surface area contributed by atoms with E-state index in [-0.39, 0.29) is 5.82 Å². The lowest BCUT2D eigenvalue weighted by molar-refractivity contribution is 0.540. The van der Waals surface area contributed by atoms with Crippen LogP contribution in [0.2, 0.25) is 0 Å². The molecule has 0 saturated carbocycles. The Morgan fingerprint density at radius 1 is 1.10 bits per heavy atom. The first-order valence-corrected chi connectivity index (χ1v) is 7.61. The van der Waals surface area contributed by atoms with E-state index in [1.54, 1.807) is 17.4 Å². The first-order chi connectivity index (χ1) is 9.68. The van der Waals surface area contributed by atoms with Crippen molar-refractivity contribution in [3.05, 3.63) is 70.4 Å². The summed E-state index contributed by atoms with van der Waals surface area (Å²) < 4.78 is 14.6. The van der Waals surface area contributed by atoms with Gasteiger partial charge in [-0.05, 0) is 58.5 Å². The van der Waals surface area contributed by atoms with Crippen LogP contribution in [0.4, 0.5) is 4.39 Å². The molecule has 0 saturated heterocycles. The second-order valence-corrected chi connectivity index (χ2v) is 6.33. The highest BCUT2D eigenvalue weighted by atomic mass is 32.1. The molecule has 1 aliphatic carbocycles. The Hall–Kier alpha value is -1.71. The fourth-order valence-electron chi connectivity index (χ4n) is 3.29. The van der Waals surface area contributed by atoms with E-state index in [0.29, 0.717) is 0 Å². The van der Waals surface area contributed by atoms with Gasteiger partial charge in [-0.3, -0.25) is 0 Å². The number of nitrogens with two attached hydrogens (primary N) is 1. The molecule has 1 aromatic heterocycles. The summed E-state index contributed by atoms with van der Waals surface area (Å²) >= 11 is 1.72. The maximum atomic E-state index is 13.4. The molecule has 1 atom stereocenters. The van der Waals surface area contributed by atoms with E-state index in [9.17, 15) is 4.39 Å². The molecule has 1 nitrogen and oxygen atoms in total. The summed E-state index contributed by atoms with van der Waals surface area (Å²) in [4.78, 5) is 0. The lowest BCUT2D eigenvalue weighted by Gasteiger charge is -2.27. The fraction of sp³-hybridized carbons (Fsp3) is 0.176. The molecule has 0 bridgehead atoms. The summed E-state index contributed by atoms with van der Waals surface area (Å²) in [5.41, 5.74) is 9.53. The van der Waals surface area contributed by atoms with Crippen molar-refractivity contribution in [2.75, 3.05) is 0 Å². The second kappa shape index (κ2) is 4.14. The summed E-state index contributed by atoms with van der Waals surface area (Å²) in [7, 11) is 0. The van der Waals surface area contributed by atoms with Crippen LogP contribution < -0.4 is 5.73 Å². The van der Waals surface area contributed by atoms with E-state index in [1.165, 1.54) is 16.2 Å². The molecule has 2 N–H and O–H groups in total. The summed E-state index contributed by atoms with van der Waals surface area (Å²) in [5, 5.41) is 3.32. The Labute approximate surface area is 120 Å². The predicted octanol–water partition coefficient (Wildman–Crippen LogP) is 4.19. The monoisotopic (exact) mass is 283 g/mol. The van der Waals surface area contributed by atoms with E-state index >= 15 is 0 Å². The molecule has 0 spiro atoms. The van der Waals surface area contributed by atoms with Crippen molar-refractivity contribution < 1.29 is 4.39 Å². The van der Waals surface area contributed by atoms with Crippen molar-refractivity contribution in [2.45, 2.75) is 18.4 Å². The van der Waals surface area contributed by atoms with Crippen LogP contribution >= 0.6 is 11.3 Å². The number of thiophene rings is 1. The largest absolute Gasteiger partial charge is 0.318 e. The lowest BCUT2D eigenvalue weighted by Crippen LogP contribution is -2.35. The molecule has 4 rings (SSSR count). The molecule has 0 radical (unpaired) electrons. The average molecular weight is 283 g/mol. The summed E-state index contributed by atoms with van der Waals surface area (Å²) in [6.07, 6.45) is 1.67. The SMILES string of the molecule is NC1(c2cccc3ccsc23)CCc2cc(F)ccc21. The van der Waals surface area contributed by atoms with Gasteiger partial charge in [0, 0.05) is 4.70 Å². The van der Waals surface area contributed by atoms with Crippen LogP contribution in [-0.4, -0.2) is 0 Å². The third kappa shape index (κ3) is 1.57. The van der Waals surface area contributed by atoms with Gasteiger partial charge in [-0.1, -0.05) is 24.3 Å². The lowest BCUT2D eigenvalue weighted by atomic mass is 9.85. The minimum absolute atomic E-state index is 0.178. The van der Waals surface area contributed by atoms with Gasteiger partial charge in [-0.25, -0.2) is 4.39 Å². The zero-order valence-electron chi connectivity index (χ0n) is 10.9. The zero-order chi connectivity index (χ0) is 13.7. The molecular formula is C17H14FNS. The first kappa shape index (κ1) is 12.1. The van der Waals surface area contributed by atoms with Crippen molar-refractivity contribution >= 4 is 21.4 Å². The molecule has 2 aromatic carbocycles. The third-order valence-corrected chi connectivity index (χ3v) is 5.26. The smallest absolute Gasteiger partial charge is 0.123 e. The Kier molecular flexibility index (Phi) is 2.50. The molecule has 20 heavy (non-hydrogen) atoms. The van der Waals surface area contributed by atoms with Gasteiger partial charge in [0.2, 0.25) is 0 Å². The molecule has 1 aliphatic rings. The molecule has 0 aliphatic heterocycles. The van der Waals surface area contributed by atoms with Crippen LogP contribution in [0.25, 0.3) is 10.1 Å². The first-order valence-electron chi connectivity index (χ1n) is 6.73. The Bertz CT molecular complexity index is 808. The Balaban J connectivity index is 1.97. The fourth-order valence-corrected chi connectivity index (χ4v) is 4.29. The van der Waals surface area contributed by atoms with Crippen LogP contribution in [-0.2, 0) is 12.0 Å². The van der Waals surface area contributed by atoms with Crippen LogP contribution in [0.3, 0.4) is 0 Å². The van der Waals surface area contributed by atoms with E-state index in [1.807, 2.05) is 6.07 Å². The Morgan fingerprint density at radius 2 is 2.00 bits per heavy atom. The number of aryl methyl sites for hydroxylation is 1. The summed E-state index contributed by atoms with van der Waals surface area (Å²) in [5.74, 6) is -0.178. The van der Waals surface area contributed by atoms with Gasteiger partial charge in [0.25, 0.3) is 0 Å².